The number of unbranched alkanes of at least 4 members (excludes halogenated alkanes) is 2. The van der Waals surface area contributed by atoms with E-state index >= 15 is 0 Å². The molecule has 2 heterocycles. The molecule has 0 unspecified atom stereocenters. The van der Waals surface area contributed by atoms with Crippen molar-refractivity contribution >= 4 is 46.2 Å². The number of likely N-dealkylation sites (tertiary alicyclic amines) is 1. The highest BCUT2D eigenvalue weighted by atomic mass is 32.2. The van der Waals surface area contributed by atoms with Crippen LogP contribution in [0, 0.1) is 0 Å². The van der Waals surface area contributed by atoms with Gasteiger partial charge in [0.15, 0.2) is 11.5 Å². The first-order valence-corrected chi connectivity index (χ1v) is 12.5. The Morgan fingerprint density at radius 2 is 1.78 bits per heavy atom. The van der Waals surface area contributed by atoms with Crippen LogP contribution in [0.1, 0.15) is 56.9 Å². The normalized spacial score (nSPS) is 18.2. The topological polar surface area (TPSA) is 59.1 Å². The van der Waals surface area contributed by atoms with Crippen LogP contribution in [-0.4, -0.2) is 59.8 Å². The summed E-state index contributed by atoms with van der Waals surface area (Å²) in [6.07, 6.45) is 9.73. The third-order valence-corrected chi connectivity index (χ3v) is 7.19. The maximum atomic E-state index is 12.8. The minimum absolute atomic E-state index is 0.0598. The molecule has 32 heavy (non-hydrogen) atoms. The molecular weight excluding hydrogens is 444 g/mol. The molecule has 3 rings (SSSR count). The number of rotatable bonds is 9. The smallest absolute Gasteiger partial charge is 0.266 e. The Kier molecular flexibility index (Phi) is 9.41. The summed E-state index contributed by atoms with van der Waals surface area (Å²) in [6, 6.07) is 5.54. The van der Waals surface area contributed by atoms with E-state index in [-0.39, 0.29) is 11.8 Å². The minimum Gasteiger partial charge on any atom is -0.493 e. The van der Waals surface area contributed by atoms with E-state index in [4.69, 9.17) is 21.7 Å². The van der Waals surface area contributed by atoms with Gasteiger partial charge in [0, 0.05) is 26.1 Å². The van der Waals surface area contributed by atoms with Crippen molar-refractivity contribution in [2.24, 2.45) is 0 Å². The fourth-order valence-electron chi connectivity index (χ4n) is 3.99. The number of thiocarbonyl (C=S) groups is 1. The SMILES string of the molecule is COc1ccc(/C=C2\SC(=S)N(CCCCCC(=O)N3CCCCCC3)C2=O)cc1OC. The third-order valence-electron chi connectivity index (χ3n) is 5.81. The molecule has 0 aromatic heterocycles. The molecule has 2 saturated heterocycles. The van der Waals surface area contributed by atoms with Crippen LogP contribution in [0.5, 0.6) is 11.5 Å². The first-order valence-electron chi connectivity index (χ1n) is 11.3. The molecule has 0 N–H and O–H groups in total. The van der Waals surface area contributed by atoms with Crippen LogP contribution in [-0.2, 0) is 9.59 Å². The Labute approximate surface area is 200 Å². The van der Waals surface area contributed by atoms with Gasteiger partial charge in [-0.05, 0) is 49.5 Å². The molecule has 0 atom stereocenters. The lowest BCUT2D eigenvalue weighted by molar-refractivity contribution is -0.131. The molecule has 0 aliphatic carbocycles. The molecule has 8 heteroatoms. The number of hydrogen-bond acceptors (Lipinski definition) is 6. The fourth-order valence-corrected chi connectivity index (χ4v) is 5.30. The summed E-state index contributed by atoms with van der Waals surface area (Å²) < 4.78 is 11.2. The van der Waals surface area contributed by atoms with Crippen molar-refractivity contribution in [3.8, 4) is 11.5 Å². The van der Waals surface area contributed by atoms with Gasteiger partial charge in [-0.15, -0.1) is 0 Å². The molecule has 6 nitrogen and oxygen atoms in total. The quantitative estimate of drug-likeness (QED) is 0.288. The Balaban J connectivity index is 1.46. The van der Waals surface area contributed by atoms with Gasteiger partial charge in [0.05, 0.1) is 19.1 Å². The highest BCUT2D eigenvalue weighted by Crippen LogP contribution is 2.34. The van der Waals surface area contributed by atoms with Crippen LogP contribution in [0.25, 0.3) is 6.08 Å². The predicted molar refractivity (Wildman–Crippen MR) is 133 cm³/mol. The van der Waals surface area contributed by atoms with Crippen LogP contribution in [0.3, 0.4) is 0 Å². The molecule has 0 spiro atoms. The first-order chi connectivity index (χ1) is 15.5. The Bertz CT molecular complexity index is 864. The summed E-state index contributed by atoms with van der Waals surface area (Å²) in [4.78, 5) is 29.5. The number of amides is 2. The van der Waals surface area contributed by atoms with Crippen molar-refractivity contribution in [1.82, 2.24) is 9.80 Å². The Morgan fingerprint density at radius 1 is 1.06 bits per heavy atom. The Morgan fingerprint density at radius 3 is 2.47 bits per heavy atom. The molecule has 1 aromatic rings. The molecule has 0 radical (unpaired) electrons. The van der Waals surface area contributed by atoms with Gasteiger partial charge in [0.2, 0.25) is 5.91 Å². The van der Waals surface area contributed by atoms with Crippen LogP contribution in [0.4, 0.5) is 0 Å². The fraction of sp³-hybridized carbons (Fsp3) is 0.542. The number of methoxy groups -OCH3 is 2. The van der Waals surface area contributed by atoms with Crippen LogP contribution < -0.4 is 9.47 Å². The first kappa shape index (κ1) is 24.6. The molecule has 1 aromatic carbocycles. The molecule has 0 bridgehead atoms. The van der Waals surface area contributed by atoms with Crippen molar-refractivity contribution in [2.45, 2.75) is 51.4 Å². The summed E-state index contributed by atoms with van der Waals surface area (Å²) in [5.74, 6) is 1.48. The number of carbonyl (C=O) groups excluding carboxylic acids is 2. The van der Waals surface area contributed by atoms with Crippen molar-refractivity contribution in [3.63, 3.8) is 0 Å². The number of ether oxygens (including phenoxy) is 2. The molecule has 0 saturated carbocycles. The van der Waals surface area contributed by atoms with Gasteiger partial charge < -0.3 is 14.4 Å². The number of nitrogens with zero attached hydrogens (tertiary/aromatic N) is 2. The zero-order valence-electron chi connectivity index (χ0n) is 18.9. The van der Waals surface area contributed by atoms with Crippen molar-refractivity contribution in [2.75, 3.05) is 33.9 Å². The van der Waals surface area contributed by atoms with Gasteiger partial charge in [-0.2, -0.15) is 0 Å². The highest BCUT2D eigenvalue weighted by molar-refractivity contribution is 8.26. The number of benzene rings is 1. The second kappa shape index (κ2) is 12.3. The second-order valence-corrected chi connectivity index (χ2v) is 9.73. The van der Waals surface area contributed by atoms with Crippen molar-refractivity contribution in [3.05, 3.63) is 28.7 Å². The predicted octanol–water partition coefficient (Wildman–Crippen LogP) is 4.87. The number of hydrogen-bond donors (Lipinski definition) is 0. The molecule has 2 aliphatic rings. The number of carbonyl (C=O) groups is 2. The number of thioether (sulfide) groups is 1. The zero-order chi connectivity index (χ0) is 22.9. The zero-order valence-corrected chi connectivity index (χ0v) is 20.6. The van der Waals surface area contributed by atoms with Crippen LogP contribution in [0.2, 0.25) is 0 Å². The highest BCUT2D eigenvalue weighted by Gasteiger charge is 2.31. The van der Waals surface area contributed by atoms with E-state index in [1.165, 1.54) is 24.6 Å². The minimum atomic E-state index is -0.0598. The van der Waals surface area contributed by atoms with Crippen molar-refractivity contribution < 1.29 is 19.1 Å². The molecule has 174 valence electrons. The van der Waals surface area contributed by atoms with Crippen LogP contribution in [0.15, 0.2) is 23.1 Å². The molecule has 2 amide bonds. The van der Waals surface area contributed by atoms with Gasteiger partial charge in [0.1, 0.15) is 4.32 Å². The van der Waals surface area contributed by atoms with Crippen molar-refractivity contribution in [1.29, 1.82) is 0 Å². The standard InChI is InChI=1S/C24H32N2O4S2/c1-29-19-12-11-18(16-20(19)30-2)17-21-23(28)26(24(31)32-21)15-9-5-6-10-22(27)25-13-7-3-4-8-14-25/h11-12,16-17H,3-10,13-15H2,1-2H3/b21-17-. The summed E-state index contributed by atoms with van der Waals surface area (Å²) >= 11 is 6.76. The van der Waals surface area contributed by atoms with Gasteiger partial charge in [0.25, 0.3) is 5.91 Å². The summed E-state index contributed by atoms with van der Waals surface area (Å²) in [5.41, 5.74) is 0.857. The third kappa shape index (κ3) is 6.48. The maximum Gasteiger partial charge on any atom is 0.266 e. The van der Waals surface area contributed by atoms with E-state index in [0.29, 0.717) is 33.7 Å². The largest absolute Gasteiger partial charge is 0.493 e. The lowest BCUT2D eigenvalue weighted by Gasteiger charge is -2.20. The van der Waals surface area contributed by atoms with E-state index in [1.54, 1.807) is 19.1 Å². The lowest BCUT2D eigenvalue weighted by atomic mass is 10.1. The van der Waals surface area contributed by atoms with Gasteiger partial charge in [-0.25, -0.2) is 0 Å². The van der Waals surface area contributed by atoms with E-state index < -0.39 is 0 Å². The summed E-state index contributed by atoms with van der Waals surface area (Å²) in [5, 5.41) is 0. The van der Waals surface area contributed by atoms with Crippen LogP contribution >= 0.6 is 24.0 Å². The lowest BCUT2D eigenvalue weighted by Crippen LogP contribution is -2.31. The molecule has 2 fully saturated rings. The van der Waals surface area contributed by atoms with Gasteiger partial charge in [-0.1, -0.05) is 49.3 Å². The maximum absolute atomic E-state index is 12.8. The van der Waals surface area contributed by atoms with E-state index in [2.05, 4.69) is 0 Å². The summed E-state index contributed by atoms with van der Waals surface area (Å²) in [7, 11) is 3.18. The van der Waals surface area contributed by atoms with E-state index in [1.807, 2.05) is 29.2 Å². The average Bonchev–Trinajstić information content (AvgIpc) is 2.98. The second-order valence-electron chi connectivity index (χ2n) is 8.05. The summed E-state index contributed by atoms with van der Waals surface area (Å²) in [6.45, 7) is 2.40. The van der Waals surface area contributed by atoms with Gasteiger partial charge >= 0.3 is 0 Å². The van der Waals surface area contributed by atoms with E-state index in [9.17, 15) is 9.59 Å². The van der Waals surface area contributed by atoms with E-state index in [0.717, 1.165) is 50.8 Å². The Hall–Kier alpha value is -2.06. The molecule has 2 aliphatic heterocycles. The molecular formula is C24H32N2O4S2. The monoisotopic (exact) mass is 476 g/mol. The average molecular weight is 477 g/mol. The van der Waals surface area contributed by atoms with Gasteiger partial charge in [-0.3, -0.25) is 14.5 Å².